The number of hydrogen-bond donors (Lipinski definition) is 1. The monoisotopic (exact) mass is 250 g/mol. The van der Waals surface area contributed by atoms with Gasteiger partial charge in [0.05, 0.1) is 0 Å². The van der Waals surface area contributed by atoms with Crippen LogP contribution in [-0.2, 0) is 4.74 Å². The summed E-state index contributed by atoms with van der Waals surface area (Å²) in [5, 5.41) is 2.70. The zero-order chi connectivity index (χ0) is 13.8. The Balaban J connectivity index is 2.61. The Bertz CT molecular complexity index is 393. The first-order valence-electron chi connectivity index (χ1n) is 6.13. The summed E-state index contributed by atoms with van der Waals surface area (Å²) in [6.45, 7) is 8.55. The van der Waals surface area contributed by atoms with E-state index in [4.69, 9.17) is 4.74 Å². The fraction of sp³-hybridized carbons (Fsp3) is 0.500. The number of rotatable bonds is 3. The fourth-order valence-electron chi connectivity index (χ4n) is 1.40. The predicted molar refractivity (Wildman–Crippen MR) is 75.2 cm³/mol. The summed E-state index contributed by atoms with van der Waals surface area (Å²) >= 11 is 0. The number of nitrogens with zero attached hydrogens (tertiary/aromatic N) is 1. The van der Waals surface area contributed by atoms with Crippen molar-refractivity contribution in [3.63, 3.8) is 0 Å². The number of amides is 1. The maximum atomic E-state index is 11.6. The van der Waals surface area contributed by atoms with Gasteiger partial charge >= 0.3 is 6.09 Å². The summed E-state index contributed by atoms with van der Waals surface area (Å²) in [7, 11) is 2.02. The Kier molecular flexibility index (Phi) is 4.59. The van der Waals surface area contributed by atoms with Crippen molar-refractivity contribution in [3.8, 4) is 0 Å². The molecule has 0 aliphatic rings. The van der Waals surface area contributed by atoms with Crippen LogP contribution in [-0.4, -0.2) is 25.3 Å². The highest BCUT2D eigenvalue weighted by Gasteiger charge is 2.16. The Morgan fingerprint density at radius 1 is 1.28 bits per heavy atom. The lowest BCUT2D eigenvalue weighted by Gasteiger charge is -2.20. The molecule has 0 unspecified atom stereocenters. The minimum absolute atomic E-state index is 0.431. The molecule has 1 aromatic rings. The molecule has 0 heterocycles. The average molecular weight is 250 g/mol. The van der Waals surface area contributed by atoms with Gasteiger partial charge in [-0.15, -0.1) is 0 Å². The summed E-state index contributed by atoms with van der Waals surface area (Å²) in [5.41, 5.74) is 1.37. The van der Waals surface area contributed by atoms with Gasteiger partial charge in [-0.25, -0.2) is 4.79 Å². The van der Waals surface area contributed by atoms with Crippen molar-refractivity contribution >= 4 is 17.5 Å². The second-order valence-electron chi connectivity index (χ2n) is 5.19. The summed E-state index contributed by atoms with van der Waals surface area (Å²) < 4.78 is 5.18. The maximum absolute atomic E-state index is 11.6. The largest absolute Gasteiger partial charge is 0.444 e. The lowest BCUT2D eigenvalue weighted by Crippen LogP contribution is -2.27. The second-order valence-corrected chi connectivity index (χ2v) is 5.19. The maximum Gasteiger partial charge on any atom is 0.412 e. The van der Waals surface area contributed by atoms with Gasteiger partial charge in [0.25, 0.3) is 0 Å². The van der Waals surface area contributed by atoms with E-state index in [9.17, 15) is 4.79 Å². The highest BCUT2D eigenvalue weighted by Crippen LogP contribution is 2.17. The Morgan fingerprint density at radius 2 is 1.83 bits per heavy atom. The van der Waals surface area contributed by atoms with E-state index in [0.29, 0.717) is 0 Å². The van der Waals surface area contributed by atoms with Gasteiger partial charge in [-0.1, -0.05) is 0 Å². The van der Waals surface area contributed by atoms with E-state index in [1.807, 2.05) is 52.1 Å². The molecule has 0 saturated heterocycles. The first kappa shape index (κ1) is 14.4. The third kappa shape index (κ3) is 4.65. The second kappa shape index (κ2) is 5.76. The Hall–Kier alpha value is -1.71. The van der Waals surface area contributed by atoms with Crippen LogP contribution in [0.4, 0.5) is 16.2 Å². The topological polar surface area (TPSA) is 41.6 Å². The van der Waals surface area contributed by atoms with Crippen LogP contribution in [0.5, 0.6) is 0 Å². The van der Waals surface area contributed by atoms with Crippen LogP contribution in [0.15, 0.2) is 24.3 Å². The summed E-state index contributed by atoms with van der Waals surface area (Å²) in [6.07, 6.45) is -0.431. The van der Waals surface area contributed by atoms with Gasteiger partial charge in [-0.3, -0.25) is 5.32 Å². The van der Waals surface area contributed by atoms with Crippen molar-refractivity contribution in [1.82, 2.24) is 0 Å². The van der Waals surface area contributed by atoms with Crippen LogP contribution in [0.3, 0.4) is 0 Å². The number of carbonyl (C=O) groups excluding carboxylic acids is 1. The minimum Gasteiger partial charge on any atom is -0.444 e. The fourth-order valence-corrected chi connectivity index (χ4v) is 1.40. The van der Waals surface area contributed by atoms with Crippen molar-refractivity contribution < 1.29 is 9.53 Å². The Morgan fingerprint density at radius 3 is 2.28 bits per heavy atom. The van der Waals surface area contributed by atoms with E-state index in [1.54, 1.807) is 0 Å². The molecule has 0 bridgehead atoms. The first-order valence-corrected chi connectivity index (χ1v) is 6.13. The van der Waals surface area contributed by atoms with Crippen molar-refractivity contribution in [1.29, 1.82) is 0 Å². The van der Waals surface area contributed by atoms with Crippen LogP contribution in [0.2, 0.25) is 0 Å². The zero-order valence-corrected chi connectivity index (χ0v) is 11.8. The third-order valence-electron chi connectivity index (χ3n) is 2.43. The highest BCUT2D eigenvalue weighted by atomic mass is 16.6. The number of ether oxygens (including phenoxy) is 1. The van der Waals surface area contributed by atoms with E-state index < -0.39 is 11.7 Å². The molecule has 4 heteroatoms. The van der Waals surface area contributed by atoms with Crippen molar-refractivity contribution in [2.45, 2.75) is 33.3 Å². The van der Waals surface area contributed by atoms with Gasteiger partial charge < -0.3 is 9.64 Å². The molecule has 0 spiro atoms. The van der Waals surface area contributed by atoms with Gasteiger partial charge in [0, 0.05) is 25.0 Å². The lowest BCUT2D eigenvalue weighted by molar-refractivity contribution is 0.0636. The van der Waals surface area contributed by atoms with Crippen LogP contribution in [0, 0.1) is 0 Å². The quantitative estimate of drug-likeness (QED) is 0.892. The first-order chi connectivity index (χ1) is 8.31. The molecule has 0 aliphatic heterocycles. The summed E-state index contributed by atoms with van der Waals surface area (Å²) in [6, 6.07) is 7.67. The van der Waals surface area contributed by atoms with Crippen LogP contribution >= 0.6 is 0 Å². The molecule has 0 fully saturated rings. The van der Waals surface area contributed by atoms with E-state index in [-0.39, 0.29) is 0 Å². The number of carbonyl (C=O) groups is 1. The van der Waals surface area contributed by atoms with E-state index >= 15 is 0 Å². The SMILES string of the molecule is CCN(C)c1ccc(NC(=O)OC(C)(C)C)cc1. The number of hydrogen-bond acceptors (Lipinski definition) is 3. The van der Waals surface area contributed by atoms with Crippen molar-refractivity contribution in [3.05, 3.63) is 24.3 Å². The average Bonchev–Trinajstić information content (AvgIpc) is 2.26. The standard InChI is InChI=1S/C14H22N2O2/c1-6-16(5)12-9-7-11(8-10-12)15-13(17)18-14(2,3)4/h7-10H,6H2,1-5H3,(H,15,17). The number of anilines is 2. The van der Waals surface area contributed by atoms with E-state index in [1.165, 1.54) is 0 Å². The third-order valence-corrected chi connectivity index (χ3v) is 2.43. The molecule has 0 atom stereocenters. The van der Waals surface area contributed by atoms with Crippen LogP contribution < -0.4 is 10.2 Å². The molecule has 1 aromatic carbocycles. The molecule has 18 heavy (non-hydrogen) atoms. The molecule has 100 valence electrons. The van der Waals surface area contributed by atoms with Gasteiger partial charge in [-0.05, 0) is 52.0 Å². The number of nitrogens with one attached hydrogen (secondary N) is 1. The molecule has 4 nitrogen and oxygen atoms in total. The van der Waals surface area contributed by atoms with Gasteiger partial charge in [0.15, 0.2) is 0 Å². The molecule has 0 aliphatic carbocycles. The van der Waals surface area contributed by atoms with Crippen LogP contribution in [0.1, 0.15) is 27.7 Å². The molecular weight excluding hydrogens is 228 g/mol. The molecule has 1 amide bonds. The Labute approximate surface area is 109 Å². The highest BCUT2D eigenvalue weighted by molar-refractivity contribution is 5.85. The van der Waals surface area contributed by atoms with Crippen molar-refractivity contribution in [2.24, 2.45) is 0 Å². The summed E-state index contributed by atoms with van der Waals surface area (Å²) in [5.74, 6) is 0. The molecule has 1 N–H and O–H groups in total. The van der Waals surface area contributed by atoms with Gasteiger partial charge in [-0.2, -0.15) is 0 Å². The van der Waals surface area contributed by atoms with Crippen LogP contribution in [0.25, 0.3) is 0 Å². The normalized spacial score (nSPS) is 10.9. The number of benzene rings is 1. The molecule has 0 radical (unpaired) electrons. The lowest BCUT2D eigenvalue weighted by atomic mass is 10.2. The summed E-state index contributed by atoms with van der Waals surface area (Å²) in [4.78, 5) is 13.7. The smallest absolute Gasteiger partial charge is 0.412 e. The minimum atomic E-state index is -0.480. The zero-order valence-electron chi connectivity index (χ0n) is 11.8. The molecule has 0 saturated carbocycles. The van der Waals surface area contributed by atoms with Gasteiger partial charge in [0.2, 0.25) is 0 Å². The molecule has 0 aromatic heterocycles. The van der Waals surface area contributed by atoms with Crippen molar-refractivity contribution in [2.75, 3.05) is 23.8 Å². The van der Waals surface area contributed by atoms with Gasteiger partial charge in [0.1, 0.15) is 5.60 Å². The molecule has 1 rings (SSSR count). The van der Waals surface area contributed by atoms with E-state index in [0.717, 1.165) is 17.9 Å². The predicted octanol–water partition coefficient (Wildman–Crippen LogP) is 3.49. The molecular formula is C14H22N2O2. The van der Waals surface area contributed by atoms with E-state index in [2.05, 4.69) is 17.1 Å².